The lowest BCUT2D eigenvalue weighted by Crippen LogP contribution is -2.39. The summed E-state index contributed by atoms with van der Waals surface area (Å²) in [6.45, 7) is 6.80. The third kappa shape index (κ3) is 4.58. The molecule has 0 aliphatic heterocycles. The predicted molar refractivity (Wildman–Crippen MR) is 93.3 cm³/mol. The van der Waals surface area contributed by atoms with Crippen LogP contribution in [0, 0.1) is 5.92 Å². The van der Waals surface area contributed by atoms with Crippen LogP contribution in [0.2, 0.25) is 0 Å². The van der Waals surface area contributed by atoms with Crippen LogP contribution in [-0.4, -0.2) is 28.1 Å². The number of aromatic nitrogens is 2. The molecule has 23 heavy (non-hydrogen) atoms. The van der Waals surface area contributed by atoms with Crippen molar-refractivity contribution in [1.29, 1.82) is 0 Å². The smallest absolute Gasteiger partial charge is 0.191 e. The van der Waals surface area contributed by atoms with E-state index < -0.39 is 0 Å². The van der Waals surface area contributed by atoms with Gasteiger partial charge >= 0.3 is 0 Å². The van der Waals surface area contributed by atoms with Crippen LogP contribution in [0.3, 0.4) is 0 Å². The van der Waals surface area contributed by atoms with E-state index >= 15 is 0 Å². The fraction of sp³-hybridized carbons (Fsp3) is 0.444. The van der Waals surface area contributed by atoms with E-state index in [4.69, 9.17) is 0 Å². The quantitative estimate of drug-likeness (QED) is 0.636. The molecular formula is C18H25N5. The lowest BCUT2D eigenvalue weighted by Gasteiger charge is -2.11. The summed E-state index contributed by atoms with van der Waals surface area (Å²) in [5, 5.41) is 6.80. The van der Waals surface area contributed by atoms with Crippen molar-refractivity contribution in [2.45, 2.75) is 39.4 Å². The fourth-order valence-corrected chi connectivity index (χ4v) is 2.53. The second kappa shape index (κ2) is 7.31. The highest BCUT2D eigenvalue weighted by Crippen LogP contribution is 2.28. The summed E-state index contributed by atoms with van der Waals surface area (Å²) >= 11 is 0. The van der Waals surface area contributed by atoms with E-state index in [0.717, 1.165) is 25.0 Å². The minimum Gasteiger partial charge on any atom is -0.357 e. The third-order valence-electron chi connectivity index (χ3n) is 4.14. The van der Waals surface area contributed by atoms with Crippen LogP contribution in [0.25, 0.3) is 0 Å². The molecule has 5 heteroatoms. The van der Waals surface area contributed by atoms with Crippen molar-refractivity contribution in [1.82, 2.24) is 20.2 Å². The average molecular weight is 311 g/mol. The molecule has 1 aliphatic carbocycles. The molecule has 1 fully saturated rings. The summed E-state index contributed by atoms with van der Waals surface area (Å²) in [4.78, 5) is 8.75. The maximum absolute atomic E-state index is 4.68. The molecule has 1 heterocycles. The van der Waals surface area contributed by atoms with Crippen molar-refractivity contribution in [3.8, 4) is 0 Å². The van der Waals surface area contributed by atoms with Gasteiger partial charge in [0.2, 0.25) is 0 Å². The van der Waals surface area contributed by atoms with Crippen LogP contribution in [-0.2, 0) is 13.1 Å². The Morgan fingerprint density at radius 2 is 2.04 bits per heavy atom. The normalized spacial score (nSPS) is 20.3. The monoisotopic (exact) mass is 311 g/mol. The predicted octanol–water partition coefficient (Wildman–Crippen LogP) is 2.39. The molecule has 2 unspecified atom stereocenters. The average Bonchev–Trinajstić information content (AvgIpc) is 3.01. The number of guanidine groups is 1. The highest BCUT2D eigenvalue weighted by molar-refractivity contribution is 5.80. The third-order valence-corrected chi connectivity index (χ3v) is 4.14. The Kier molecular flexibility index (Phi) is 4.95. The molecule has 0 bridgehead atoms. The molecule has 2 N–H and O–H groups in total. The van der Waals surface area contributed by atoms with Gasteiger partial charge in [-0.05, 0) is 30.4 Å². The number of nitrogens with one attached hydrogen (secondary N) is 2. The van der Waals surface area contributed by atoms with Crippen molar-refractivity contribution < 1.29 is 0 Å². The molecule has 0 amide bonds. The second-order valence-corrected chi connectivity index (χ2v) is 6.21. The van der Waals surface area contributed by atoms with Gasteiger partial charge in [0.05, 0.1) is 12.9 Å². The van der Waals surface area contributed by atoms with Gasteiger partial charge in [-0.25, -0.2) is 9.98 Å². The van der Waals surface area contributed by atoms with Gasteiger partial charge in [0.15, 0.2) is 5.96 Å². The summed E-state index contributed by atoms with van der Waals surface area (Å²) in [6, 6.07) is 9.21. The van der Waals surface area contributed by atoms with Gasteiger partial charge in [-0.15, -0.1) is 0 Å². The van der Waals surface area contributed by atoms with Crippen LogP contribution in [0.5, 0.6) is 0 Å². The molecule has 1 aliphatic rings. The first-order chi connectivity index (χ1) is 11.2. The summed E-state index contributed by atoms with van der Waals surface area (Å²) in [5.41, 5.74) is 2.49. The first-order valence-corrected chi connectivity index (χ1v) is 8.33. The Labute approximate surface area is 137 Å². The highest BCUT2D eigenvalue weighted by atomic mass is 15.2. The molecule has 3 rings (SSSR count). The molecule has 0 spiro atoms. The molecule has 1 aromatic heterocycles. The van der Waals surface area contributed by atoms with Gasteiger partial charge in [0.25, 0.3) is 0 Å². The Hall–Kier alpha value is -2.30. The molecule has 2 atom stereocenters. The number of hydrogen-bond acceptors (Lipinski definition) is 2. The van der Waals surface area contributed by atoms with Gasteiger partial charge < -0.3 is 15.2 Å². The zero-order chi connectivity index (χ0) is 16.1. The summed E-state index contributed by atoms with van der Waals surface area (Å²) in [6.07, 6.45) is 6.86. The molecule has 0 saturated heterocycles. The van der Waals surface area contributed by atoms with Gasteiger partial charge in [-0.3, -0.25) is 0 Å². The van der Waals surface area contributed by atoms with Crippen LogP contribution in [0.4, 0.5) is 0 Å². The lowest BCUT2D eigenvalue weighted by molar-refractivity contribution is 0.766. The number of benzene rings is 1. The maximum Gasteiger partial charge on any atom is 0.191 e. The van der Waals surface area contributed by atoms with Crippen LogP contribution >= 0.6 is 0 Å². The van der Waals surface area contributed by atoms with Crippen molar-refractivity contribution in [3.05, 3.63) is 54.1 Å². The van der Waals surface area contributed by atoms with Crippen molar-refractivity contribution >= 4 is 5.96 Å². The lowest BCUT2D eigenvalue weighted by atomic mass is 10.1. The number of aliphatic imine (C=N–C) groups is 1. The summed E-state index contributed by atoms with van der Waals surface area (Å²) < 4.78 is 2.07. The van der Waals surface area contributed by atoms with E-state index in [2.05, 4.69) is 63.3 Å². The molecule has 122 valence electrons. The zero-order valence-electron chi connectivity index (χ0n) is 13.9. The Balaban J connectivity index is 1.56. The first-order valence-electron chi connectivity index (χ1n) is 8.33. The molecular weight excluding hydrogens is 286 g/mol. The van der Waals surface area contributed by atoms with Crippen LogP contribution in [0.1, 0.15) is 31.4 Å². The standard InChI is InChI=1S/C18H25N5/c1-3-20-18(22-17-10-14(17)2)21-11-15-4-6-16(7-5-15)12-23-9-8-19-13-23/h4-9,13-14,17H,3,10-12H2,1-2H3,(H2,20,21,22). The topological polar surface area (TPSA) is 54.2 Å². The minimum absolute atomic E-state index is 0.588. The van der Waals surface area contributed by atoms with Gasteiger partial charge in [-0.1, -0.05) is 31.2 Å². The number of imidazole rings is 1. The van der Waals surface area contributed by atoms with E-state index in [1.165, 1.54) is 17.5 Å². The van der Waals surface area contributed by atoms with Gasteiger partial charge in [0, 0.05) is 31.5 Å². The van der Waals surface area contributed by atoms with E-state index in [0.29, 0.717) is 12.6 Å². The van der Waals surface area contributed by atoms with Crippen molar-refractivity contribution in [3.63, 3.8) is 0 Å². The Morgan fingerprint density at radius 3 is 2.65 bits per heavy atom. The maximum atomic E-state index is 4.68. The van der Waals surface area contributed by atoms with Crippen molar-refractivity contribution in [2.24, 2.45) is 10.9 Å². The fourth-order valence-electron chi connectivity index (χ4n) is 2.53. The number of hydrogen-bond donors (Lipinski definition) is 2. The Morgan fingerprint density at radius 1 is 1.30 bits per heavy atom. The summed E-state index contributed by atoms with van der Waals surface area (Å²) in [7, 11) is 0. The molecule has 2 aromatic rings. The zero-order valence-corrected chi connectivity index (χ0v) is 13.9. The second-order valence-electron chi connectivity index (χ2n) is 6.21. The summed E-state index contributed by atoms with van der Waals surface area (Å²) in [5.74, 6) is 1.69. The molecule has 5 nitrogen and oxygen atoms in total. The first kappa shape index (κ1) is 15.6. The van der Waals surface area contributed by atoms with E-state index in [1.54, 1.807) is 6.20 Å². The molecule has 1 saturated carbocycles. The largest absolute Gasteiger partial charge is 0.357 e. The van der Waals surface area contributed by atoms with Crippen LogP contribution < -0.4 is 10.6 Å². The highest BCUT2D eigenvalue weighted by Gasteiger charge is 2.33. The van der Waals surface area contributed by atoms with E-state index in [9.17, 15) is 0 Å². The van der Waals surface area contributed by atoms with E-state index in [1.807, 2.05) is 12.5 Å². The SMILES string of the molecule is CCNC(=NCc1ccc(Cn2ccnc2)cc1)NC1CC1C. The number of nitrogens with zero attached hydrogens (tertiary/aromatic N) is 3. The van der Waals surface area contributed by atoms with Gasteiger partial charge in [-0.2, -0.15) is 0 Å². The molecule has 0 radical (unpaired) electrons. The minimum atomic E-state index is 0.588. The number of rotatable bonds is 6. The van der Waals surface area contributed by atoms with Gasteiger partial charge in [0.1, 0.15) is 0 Å². The molecule has 1 aromatic carbocycles. The Bertz CT molecular complexity index is 630. The van der Waals surface area contributed by atoms with Crippen molar-refractivity contribution in [2.75, 3.05) is 6.54 Å². The van der Waals surface area contributed by atoms with E-state index in [-0.39, 0.29) is 0 Å². The van der Waals surface area contributed by atoms with Crippen LogP contribution in [0.15, 0.2) is 48.0 Å².